The topological polar surface area (TPSA) is 73.7 Å². The molecule has 0 atom stereocenters. The van der Waals surface area contributed by atoms with Crippen molar-refractivity contribution >= 4 is 34.2 Å². The Labute approximate surface area is 159 Å². The lowest BCUT2D eigenvalue weighted by molar-refractivity contribution is -0.136. The summed E-state index contributed by atoms with van der Waals surface area (Å²) in [4.78, 5) is 30.9. The van der Waals surface area contributed by atoms with E-state index >= 15 is 0 Å². The van der Waals surface area contributed by atoms with E-state index in [-0.39, 0.29) is 12.5 Å². The molecule has 27 heavy (non-hydrogen) atoms. The Morgan fingerprint density at radius 2 is 1.96 bits per heavy atom. The number of nitrogens with zero attached hydrogens (tertiary/aromatic N) is 3. The first kappa shape index (κ1) is 19.2. The molecule has 1 aliphatic carbocycles. The van der Waals surface area contributed by atoms with Crippen LogP contribution in [0.1, 0.15) is 31.4 Å². The van der Waals surface area contributed by atoms with Gasteiger partial charge in [0.2, 0.25) is 0 Å². The van der Waals surface area contributed by atoms with Crippen LogP contribution >= 0.6 is 11.3 Å². The molecular weight excluding hydrogens is 376 g/mol. The summed E-state index contributed by atoms with van der Waals surface area (Å²) in [7, 11) is 1.54. The normalized spacial score (nSPS) is 14.3. The summed E-state index contributed by atoms with van der Waals surface area (Å²) in [6.45, 7) is 0. The molecule has 1 aliphatic rings. The molecule has 0 unspecified atom stereocenters. The number of carboxylic acid groups (broad SMARTS) is 1. The summed E-state index contributed by atoms with van der Waals surface area (Å²) in [5, 5.41) is 10.8. The minimum Gasteiger partial charge on any atom is -0.481 e. The third kappa shape index (κ3) is 4.24. The quantitative estimate of drug-likeness (QED) is 0.829. The van der Waals surface area contributed by atoms with Gasteiger partial charge >= 0.3 is 12.0 Å². The molecule has 0 aliphatic heterocycles. The predicted molar refractivity (Wildman–Crippen MR) is 98.3 cm³/mol. The van der Waals surface area contributed by atoms with Gasteiger partial charge in [0.1, 0.15) is 0 Å². The first-order chi connectivity index (χ1) is 12.9. The van der Waals surface area contributed by atoms with Crippen molar-refractivity contribution in [1.82, 2.24) is 4.98 Å². The number of rotatable bonds is 5. The fraction of sp³-hybridized carbons (Fsp3) is 0.389. The van der Waals surface area contributed by atoms with Crippen molar-refractivity contribution in [2.24, 2.45) is 0 Å². The van der Waals surface area contributed by atoms with Crippen LogP contribution in [-0.2, 0) is 11.2 Å². The van der Waals surface area contributed by atoms with E-state index in [1.54, 1.807) is 5.38 Å². The second kappa shape index (κ2) is 7.99. The molecule has 0 radical (unpaired) electrons. The predicted octanol–water partition coefficient (Wildman–Crippen LogP) is 4.05. The molecule has 1 N–H and O–H groups in total. The monoisotopic (exact) mass is 395 g/mol. The van der Waals surface area contributed by atoms with Crippen molar-refractivity contribution in [3.05, 3.63) is 40.9 Å². The number of carbonyl (C=O) groups excluding carboxylic acids is 1. The van der Waals surface area contributed by atoms with Gasteiger partial charge in [0.15, 0.2) is 16.8 Å². The molecule has 0 bridgehead atoms. The van der Waals surface area contributed by atoms with E-state index in [1.165, 1.54) is 22.9 Å². The van der Waals surface area contributed by atoms with Crippen molar-refractivity contribution < 1.29 is 23.5 Å². The van der Waals surface area contributed by atoms with E-state index in [2.05, 4.69) is 4.98 Å². The van der Waals surface area contributed by atoms with Crippen molar-refractivity contribution in [1.29, 1.82) is 0 Å². The van der Waals surface area contributed by atoms with Crippen LogP contribution in [0.2, 0.25) is 0 Å². The van der Waals surface area contributed by atoms with E-state index in [0.29, 0.717) is 16.5 Å². The Kier molecular flexibility index (Phi) is 5.69. The van der Waals surface area contributed by atoms with Crippen LogP contribution in [0.15, 0.2) is 23.6 Å². The van der Waals surface area contributed by atoms with Gasteiger partial charge < -0.3 is 5.11 Å². The largest absolute Gasteiger partial charge is 0.481 e. The molecule has 6 nitrogen and oxygen atoms in total. The number of amides is 2. The van der Waals surface area contributed by atoms with Crippen LogP contribution in [0.3, 0.4) is 0 Å². The number of aromatic nitrogens is 1. The van der Waals surface area contributed by atoms with Gasteiger partial charge in [-0.15, -0.1) is 11.3 Å². The molecule has 1 saturated carbocycles. The van der Waals surface area contributed by atoms with Gasteiger partial charge in [-0.25, -0.2) is 18.6 Å². The second-order valence-electron chi connectivity index (χ2n) is 6.44. The molecule has 2 amide bonds. The molecule has 144 valence electrons. The maximum atomic E-state index is 13.7. The summed E-state index contributed by atoms with van der Waals surface area (Å²) in [6, 6.07) is 2.90. The van der Waals surface area contributed by atoms with E-state index in [4.69, 9.17) is 5.11 Å². The van der Waals surface area contributed by atoms with Gasteiger partial charge in [-0.1, -0.05) is 12.8 Å². The smallest absolute Gasteiger partial charge is 0.330 e. The van der Waals surface area contributed by atoms with Crippen LogP contribution in [-0.4, -0.2) is 35.2 Å². The minimum atomic E-state index is -1.01. The fourth-order valence-electron chi connectivity index (χ4n) is 3.20. The second-order valence-corrected chi connectivity index (χ2v) is 7.28. The SMILES string of the molecule is CN(C(=O)N(c1ccc(F)c(F)c1)C1CCCC1)c1nc(CC(=O)O)cs1. The number of hydrogen-bond acceptors (Lipinski definition) is 4. The number of halogens is 2. The van der Waals surface area contributed by atoms with E-state index in [0.717, 1.165) is 49.2 Å². The van der Waals surface area contributed by atoms with Crippen LogP contribution in [0.5, 0.6) is 0 Å². The minimum absolute atomic E-state index is 0.108. The van der Waals surface area contributed by atoms with Crippen molar-refractivity contribution in [2.45, 2.75) is 38.1 Å². The zero-order valence-electron chi connectivity index (χ0n) is 14.7. The molecule has 1 fully saturated rings. The fourth-order valence-corrected chi connectivity index (χ4v) is 3.99. The van der Waals surface area contributed by atoms with Crippen LogP contribution in [0.4, 0.5) is 24.4 Å². The highest BCUT2D eigenvalue weighted by atomic mass is 32.1. The number of anilines is 2. The maximum absolute atomic E-state index is 13.7. The molecule has 9 heteroatoms. The van der Waals surface area contributed by atoms with E-state index < -0.39 is 23.6 Å². The molecule has 3 rings (SSSR count). The van der Waals surface area contributed by atoms with Gasteiger partial charge in [0, 0.05) is 30.2 Å². The van der Waals surface area contributed by atoms with Crippen LogP contribution in [0, 0.1) is 11.6 Å². The molecular formula is C18H19F2N3O3S. The van der Waals surface area contributed by atoms with Gasteiger partial charge in [-0.3, -0.25) is 14.6 Å². The molecule has 2 aromatic rings. The lowest BCUT2D eigenvalue weighted by atomic mass is 10.1. The highest BCUT2D eigenvalue weighted by molar-refractivity contribution is 7.14. The van der Waals surface area contributed by atoms with E-state index in [9.17, 15) is 18.4 Å². The van der Waals surface area contributed by atoms with Crippen molar-refractivity contribution in [3.63, 3.8) is 0 Å². The summed E-state index contributed by atoms with van der Waals surface area (Å²) >= 11 is 1.16. The molecule has 1 heterocycles. The summed E-state index contributed by atoms with van der Waals surface area (Å²) < 4.78 is 27.1. The molecule has 0 spiro atoms. The average molecular weight is 395 g/mol. The Balaban J connectivity index is 1.88. The molecule has 0 saturated heterocycles. The zero-order valence-corrected chi connectivity index (χ0v) is 15.5. The number of urea groups is 1. The van der Waals surface area contributed by atoms with E-state index in [1.807, 2.05) is 0 Å². The summed E-state index contributed by atoms with van der Waals surface area (Å²) in [5.74, 6) is -2.98. The van der Waals surface area contributed by atoms with Crippen molar-refractivity contribution in [2.75, 3.05) is 16.8 Å². The van der Waals surface area contributed by atoms with Crippen LogP contribution in [0.25, 0.3) is 0 Å². The number of carbonyl (C=O) groups is 2. The lowest BCUT2D eigenvalue weighted by Crippen LogP contribution is -2.46. The van der Waals surface area contributed by atoms with Gasteiger partial charge in [0.25, 0.3) is 0 Å². The molecule has 1 aromatic carbocycles. The number of hydrogen-bond donors (Lipinski definition) is 1. The Morgan fingerprint density at radius 1 is 1.26 bits per heavy atom. The Bertz CT molecular complexity index is 852. The maximum Gasteiger partial charge on any atom is 0.330 e. The Hall–Kier alpha value is -2.55. The summed E-state index contributed by atoms with van der Waals surface area (Å²) in [5.41, 5.74) is 0.655. The van der Waals surface area contributed by atoms with Crippen molar-refractivity contribution in [3.8, 4) is 0 Å². The highest BCUT2D eigenvalue weighted by Crippen LogP contribution is 2.31. The summed E-state index contributed by atoms with van der Waals surface area (Å²) in [6.07, 6.45) is 3.25. The Morgan fingerprint density at radius 3 is 2.59 bits per heavy atom. The number of aliphatic carboxylic acids is 1. The zero-order chi connectivity index (χ0) is 19.6. The van der Waals surface area contributed by atoms with Gasteiger partial charge in [-0.2, -0.15) is 0 Å². The average Bonchev–Trinajstić information content (AvgIpc) is 3.29. The third-order valence-electron chi connectivity index (χ3n) is 4.52. The lowest BCUT2D eigenvalue weighted by Gasteiger charge is -2.32. The number of benzene rings is 1. The van der Waals surface area contributed by atoms with Crippen LogP contribution < -0.4 is 9.80 Å². The number of thiazole rings is 1. The first-order valence-electron chi connectivity index (χ1n) is 8.55. The third-order valence-corrected chi connectivity index (χ3v) is 5.49. The number of carboxylic acids is 1. The highest BCUT2D eigenvalue weighted by Gasteiger charge is 2.32. The van der Waals surface area contributed by atoms with Gasteiger partial charge in [0.05, 0.1) is 12.1 Å². The first-order valence-corrected chi connectivity index (χ1v) is 9.43. The standard InChI is InChI=1S/C18H19F2N3O3S/c1-22(17-21-11(10-27-17)8-16(24)25)18(26)23(12-4-2-3-5-12)13-6-7-14(19)15(20)9-13/h6-7,9-10,12H,2-5,8H2,1H3,(H,24,25). The van der Waals surface area contributed by atoms with Gasteiger partial charge in [-0.05, 0) is 25.0 Å². The molecule has 1 aromatic heterocycles.